The summed E-state index contributed by atoms with van der Waals surface area (Å²) >= 11 is 0. The van der Waals surface area contributed by atoms with Crippen LogP contribution in [0.2, 0.25) is 0 Å². The van der Waals surface area contributed by atoms with Crippen LogP contribution in [0.1, 0.15) is 39.3 Å². The second-order valence-corrected chi connectivity index (χ2v) is 8.89. The second-order valence-electron chi connectivity index (χ2n) is 7.21. The van der Waals surface area contributed by atoms with Gasteiger partial charge in [0.2, 0.25) is 10.0 Å². The van der Waals surface area contributed by atoms with Crippen molar-refractivity contribution in [3.63, 3.8) is 0 Å². The molecule has 0 heterocycles. The maximum Gasteiger partial charge on any atom is 0.293 e. The van der Waals surface area contributed by atoms with Crippen molar-refractivity contribution in [3.8, 4) is 0 Å². The summed E-state index contributed by atoms with van der Waals surface area (Å²) in [5, 5.41) is 14.4. The highest BCUT2D eigenvalue weighted by molar-refractivity contribution is 7.89. The molecule has 0 unspecified atom stereocenters. The van der Waals surface area contributed by atoms with E-state index in [0.717, 1.165) is 11.6 Å². The highest BCUT2D eigenvalue weighted by atomic mass is 32.2. The first-order valence-electron chi connectivity index (χ1n) is 8.23. The summed E-state index contributed by atoms with van der Waals surface area (Å²) in [4.78, 5) is 10.6. The van der Waals surface area contributed by atoms with Crippen LogP contribution in [0.5, 0.6) is 0 Å². The van der Waals surface area contributed by atoms with E-state index in [2.05, 4.69) is 10.0 Å². The fraction of sp³-hybridized carbons (Fsp3) is 0.333. The summed E-state index contributed by atoms with van der Waals surface area (Å²) in [6.45, 7) is 6.81. The highest BCUT2D eigenvalue weighted by Crippen LogP contribution is 2.31. The molecular weight excluding hydrogens is 373 g/mol. The number of nitro benzene ring substituents is 1. The summed E-state index contributed by atoms with van der Waals surface area (Å²) in [5.74, 6) is -0.377. The molecule has 0 aliphatic rings. The molecule has 0 aliphatic heterocycles. The molecule has 146 valence electrons. The quantitative estimate of drug-likeness (QED) is 0.569. The number of rotatable bonds is 6. The molecule has 0 aliphatic carbocycles. The Morgan fingerprint density at radius 3 is 2.22 bits per heavy atom. The molecule has 0 saturated heterocycles. The molecule has 0 radical (unpaired) electrons. The van der Waals surface area contributed by atoms with E-state index in [1.54, 1.807) is 39.8 Å². The van der Waals surface area contributed by atoms with Crippen LogP contribution < -0.4 is 10.0 Å². The molecule has 7 nitrogen and oxygen atoms in total. The first-order valence-corrected chi connectivity index (χ1v) is 9.72. The van der Waals surface area contributed by atoms with Gasteiger partial charge in [-0.3, -0.25) is 10.1 Å². The van der Waals surface area contributed by atoms with Gasteiger partial charge in [-0.1, -0.05) is 12.1 Å². The lowest BCUT2D eigenvalue weighted by atomic mass is 10.1. The van der Waals surface area contributed by atoms with Crippen molar-refractivity contribution in [1.29, 1.82) is 0 Å². The van der Waals surface area contributed by atoms with Crippen LogP contribution in [0.25, 0.3) is 0 Å². The Balaban J connectivity index is 2.36. The monoisotopic (exact) mass is 395 g/mol. The Morgan fingerprint density at radius 2 is 1.70 bits per heavy atom. The third kappa shape index (κ3) is 5.48. The lowest BCUT2D eigenvalue weighted by Gasteiger charge is -2.21. The second kappa shape index (κ2) is 7.61. The van der Waals surface area contributed by atoms with E-state index in [9.17, 15) is 22.9 Å². The number of sulfonamides is 1. The lowest BCUT2D eigenvalue weighted by molar-refractivity contribution is -0.384. The normalized spacial score (nSPS) is 13.2. The van der Waals surface area contributed by atoms with Crippen LogP contribution in [-0.4, -0.2) is 18.9 Å². The summed E-state index contributed by atoms with van der Waals surface area (Å²) in [6.07, 6.45) is 0. The van der Waals surface area contributed by atoms with E-state index < -0.39 is 20.5 Å². The van der Waals surface area contributed by atoms with Crippen molar-refractivity contribution < 1.29 is 17.7 Å². The van der Waals surface area contributed by atoms with Gasteiger partial charge in [-0.25, -0.2) is 17.5 Å². The molecule has 2 aromatic carbocycles. The lowest BCUT2D eigenvalue weighted by Crippen LogP contribution is -2.40. The average molecular weight is 395 g/mol. The standard InChI is InChI=1S/C18H22FN3O4S/c1-12(13-5-7-14(19)8-6-13)20-16-10-9-15(11-17(16)22(23)24)27(25,26)21-18(2,3)4/h5-12,20-21H,1-4H3/t12-/m0/s1. The molecule has 2 rings (SSSR count). The predicted molar refractivity (Wildman–Crippen MR) is 102 cm³/mol. The Kier molecular flexibility index (Phi) is 5.86. The molecule has 2 N–H and O–H groups in total. The Labute approximate surface area is 157 Å². The first kappa shape index (κ1) is 20.8. The first-order chi connectivity index (χ1) is 12.4. The number of hydrogen-bond acceptors (Lipinski definition) is 5. The van der Waals surface area contributed by atoms with Gasteiger partial charge >= 0.3 is 0 Å². The number of hydrogen-bond donors (Lipinski definition) is 2. The van der Waals surface area contributed by atoms with Gasteiger partial charge in [0.05, 0.1) is 9.82 Å². The van der Waals surface area contributed by atoms with E-state index in [4.69, 9.17) is 0 Å². The van der Waals surface area contributed by atoms with Crippen molar-refractivity contribution in [2.24, 2.45) is 0 Å². The molecule has 27 heavy (non-hydrogen) atoms. The van der Waals surface area contributed by atoms with E-state index in [1.807, 2.05) is 0 Å². The minimum Gasteiger partial charge on any atom is -0.373 e. The van der Waals surface area contributed by atoms with Crippen LogP contribution in [0.3, 0.4) is 0 Å². The Hall–Kier alpha value is -2.52. The van der Waals surface area contributed by atoms with Crippen LogP contribution in [0.4, 0.5) is 15.8 Å². The number of nitrogens with zero attached hydrogens (tertiary/aromatic N) is 1. The maximum absolute atomic E-state index is 13.0. The summed E-state index contributed by atoms with van der Waals surface area (Å²) in [5.41, 5.74) is -0.175. The molecule has 0 aromatic heterocycles. The zero-order valence-electron chi connectivity index (χ0n) is 15.5. The van der Waals surface area contributed by atoms with Gasteiger partial charge in [-0.15, -0.1) is 0 Å². The van der Waals surface area contributed by atoms with Gasteiger partial charge in [0, 0.05) is 17.6 Å². The molecule has 9 heteroatoms. The van der Waals surface area contributed by atoms with Gasteiger partial charge in [0.1, 0.15) is 11.5 Å². The highest BCUT2D eigenvalue weighted by Gasteiger charge is 2.26. The molecule has 0 saturated carbocycles. The molecule has 0 bridgehead atoms. The molecule has 1 atom stereocenters. The van der Waals surface area contributed by atoms with Crippen molar-refractivity contribution in [3.05, 3.63) is 64.0 Å². The number of nitro groups is 1. The number of anilines is 1. The van der Waals surface area contributed by atoms with Crippen LogP contribution in [0, 0.1) is 15.9 Å². The largest absolute Gasteiger partial charge is 0.373 e. The third-order valence-electron chi connectivity index (χ3n) is 3.66. The van der Waals surface area contributed by atoms with Crippen LogP contribution in [0.15, 0.2) is 47.4 Å². The SMILES string of the molecule is C[C@H](Nc1ccc(S(=O)(=O)NC(C)(C)C)cc1[N+](=O)[O-])c1ccc(F)cc1. The fourth-order valence-corrected chi connectivity index (χ4v) is 3.92. The Bertz CT molecular complexity index is 938. The van der Waals surface area contributed by atoms with Crippen molar-refractivity contribution in [1.82, 2.24) is 4.72 Å². The number of halogens is 1. The summed E-state index contributed by atoms with van der Waals surface area (Å²) < 4.78 is 40.4. The van der Waals surface area contributed by atoms with Crippen LogP contribution >= 0.6 is 0 Å². The van der Waals surface area contributed by atoms with Crippen molar-refractivity contribution in [2.75, 3.05) is 5.32 Å². The summed E-state index contributed by atoms with van der Waals surface area (Å²) in [6, 6.07) is 9.09. The zero-order chi connectivity index (χ0) is 20.4. The summed E-state index contributed by atoms with van der Waals surface area (Å²) in [7, 11) is -3.90. The molecular formula is C18H22FN3O4S. The van der Waals surface area contributed by atoms with Gasteiger partial charge < -0.3 is 5.32 Å². The minimum atomic E-state index is -3.90. The number of nitrogens with one attached hydrogen (secondary N) is 2. The van der Waals surface area contributed by atoms with Crippen molar-refractivity contribution >= 4 is 21.4 Å². The zero-order valence-corrected chi connectivity index (χ0v) is 16.3. The topological polar surface area (TPSA) is 101 Å². The fourth-order valence-electron chi connectivity index (χ4n) is 2.48. The van der Waals surface area contributed by atoms with E-state index in [1.165, 1.54) is 24.3 Å². The van der Waals surface area contributed by atoms with E-state index in [-0.39, 0.29) is 28.1 Å². The predicted octanol–water partition coefficient (Wildman–Crippen LogP) is 3.98. The molecule has 0 spiro atoms. The molecule has 2 aromatic rings. The van der Waals surface area contributed by atoms with E-state index in [0.29, 0.717) is 0 Å². The van der Waals surface area contributed by atoms with Gasteiger partial charge in [0.15, 0.2) is 0 Å². The molecule has 0 amide bonds. The van der Waals surface area contributed by atoms with Gasteiger partial charge in [-0.05, 0) is 57.5 Å². The average Bonchev–Trinajstić information content (AvgIpc) is 2.53. The smallest absolute Gasteiger partial charge is 0.293 e. The van der Waals surface area contributed by atoms with Gasteiger partial charge in [-0.2, -0.15) is 0 Å². The Morgan fingerprint density at radius 1 is 1.11 bits per heavy atom. The van der Waals surface area contributed by atoms with Gasteiger partial charge in [0.25, 0.3) is 5.69 Å². The maximum atomic E-state index is 13.0. The van der Waals surface area contributed by atoms with Crippen molar-refractivity contribution in [2.45, 2.75) is 44.2 Å². The minimum absolute atomic E-state index is 0.173. The molecule has 0 fully saturated rings. The number of benzene rings is 2. The van der Waals surface area contributed by atoms with Crippen LogP contribution in [-0.2, 0) is 10.0 Å². The van der Waals surface area contributed by atoms with E-state index >= 15 is 0 Å². The third-order valence-corrected chi connectivity index (χ3v) is 5.41.